The Morgan fingerprint density at radius 3 is 2.33 bits per heavy atom. The molecule has 1 aliphatic carbocycles. The summed E-state index contributed by atoms with van der Waals surface area (Å²) < 4.78 is 5.08. The van der Waals surface area contributed by atoms with Crippen molar-refractivity contribution in [3.8, 4) is 5.75 Å². The summed E-state index contributed by atoms with van der Waals surface area (Å²) in [6, 6.07) is 6.91. The van der Waals surface area contributed by atoms with Crippen LogP contribution >= 0.6 is 0 Å². The van der Waals surface area contributed by atoms with Gasteiger partial charge in [0.2, 0.25) is 5.91 Å². The second-order valence-electron chi connectivity index (χ2n) is 5.53. The lowest BCUT2D eigenvalue weighted by atomic mass is 9.66. The van der Waals surface area contributed by atoms with Crippen molar-refractivity contribution in [2.24, 2.45) is 5.41 Å². The van der Waals surface area contributed by atoms with E-state index in [4.69, 9.17) is 9.84 Å². The first-order chi connectivity index (χ1) is 9.98. The molecular formula is C16H21NO4. The molecule has 1 saturated carbocycles. The molecule has 5 nitrogen and oxygen atoms in total. The van der Waals surface area contributed by atoms with Gasteiger partial charge in [-0.3, -0.25) is 4.79 Å². The second-order valence-corrected chi connectivity index (χ2v) is 5.53. The predicted octanol–water partition coefficient (Wildman–Crippen LogP) is 2.69. The van der Waals surface area contributed by atoms with Gasteiger partial charge in [0.1, 0.15) is 5.75 Å². The number of carbonyl (C=O) groups excluding carboxylic acids is 1. The summed E-state index contributed by atoms with van der Waals surface area (Å²) in [5.41, 5.74) is 0.607. The number of benzene rings is 1. The Balaban J connectivity index is 2.04. The summed E-state index contributed by atoms with van der Waals surface area (Å²) >= 11 is 0. The summed E-state index contributed by atoms with van der Waals surface area (Å²) in [4.78, 5) is 24.7. The van der Waals surface area contributed by atoms with Gasteiger partial charge < -0.3 is 14.7 Å². The van der Waals surface area contributed by atoms with E-state index < -0.39 is 5.97 Å². The third-order valence-corrected chi connectivity index (χ3v) is 4.33. The molecular weight excluding hydrogens is 270 g/mol. The van der Waals surface area contributed by atoms with Crippen LogP contribution in [-0.2, 0) is 9.59 Å². The maximum atomic E-state index is 12.6. The molecule has 114 valence electrons. The zero-order valence-electron chi connectivity index (χ0n) is 12.5. The Morgan fingerprint density at radius 2 is 1.90 bits per heavy atom. The average Bonchev–Trinajstić information content (AvgIpc) is 2.44. The highest BCUT2D eigenvalue weighted by Gasteiger charge is 2.44. The molecule has 0 bridgehead atoms. The largest absolute Gasteiger partial charge is 0.482 e. The van der Waals surface area contributed by atoms with E-state index in [-0.39, 0.29) is 17.9 Å². The van der Waals surface area contributed by atoms with Crippen LogP contribution in [0.5, 0.6) is 5.75 Å². The van der Waals surface area contributed by atoms with Crippen molar-refractivity contribution in [1.82, 2.24) is 0 Å². The number of anilines is 1. The van der Waals surface area contributed by atoms with Gasteiger partial charge in [0, 0.05) is 18.2 Å². The molecule has 1 aromatic rings. The number of nitrogens with zero attached hydrogens (tertiary/aromatic N) is 1. The smallest absolute Gasteiger partial charge is 0.341 e. The summed E-state index contributed by atoms with van der Waals surface area (Å²) in [7, 11) is 1.78. The highest BCUT2D eigenvalue weighted by Crippen LogP contribution is 2.45. The standard InChI is InChI=1S/C16H21NO4/c1-3-16(9-4-10-16)15(20)17(2)12-5-7-13(8-6-12)21-11-14(18)19/h5-8H,3-4,9-11H2,1-2H3,(H,18,19). The van der Waals surface area contributed by atoms with Crippen LogP contribution in [0.4, 0.5) is 5.69 Å². The van der Waals surface area contributed by atoms with Crippen LogP contribution in [0.2, 0.25) is 0 Å². The number of carboxylic acid groups (broad SMARTS) is 1. The molecule has 1 aromatic carbocycles. The van der Waals surface area contributed by atoms with Crippen LogP contribution < -0.4 is 9.64 Å². The highest BCUT2D eigenvalue weighted by atomic mass is 16.5. The van der Waals surface area contributed by atoms with Crippen LogP contribution in [0.25, 0.3) is 0 Å². The lowest BCUT2D eigenvalue weighted by molar-refractivity contribution is -0.139. The Bertz CT molecular complexity index is 514. The highest BCUT2D eigenvalue weighted by molar-refractivity contribution is 5.97. The molecule has 2 rings (SSSR count). The van der Waals surface area contributed by atoms with Crippen molar-refractivity contribution < 1.29 is 19.4 Å². The van der Waals surface area contributed by atoms with Crippen molar-refractivity contribution in [2.75, 3.05) is 18.6 Å². The van der Waals surface area contributed by atoms with Crippen LogP contribution in [0, 0.1) is 5.41 Å². The fourth-order valence-electron chi connectivity index (χ4n) is 2.71. The molecule has 1 aliphatic rings. The van der Waals surface area contributed by atoms with Crippen LogP contribution in [0.3, 0.4) is 0 Å². The molecule has 0 atom stereocenters. The molecule has 0 unspecified atom stereocenters. The monoisotopic (exact) mass is 291 g/mol. The van der Waals surface area contributed by atoms with Crippen molar-refractivity contribution in [3.05, 3.63) is 24.3 Å². The van der Waals surface area contributed by atoms with E-state index in [9.17, 15) is 9.59 Å². The Labute approximate surface area is 124 Å². The number of hydrogen-bond acceptors (Lipinski definition) is 3. The normalized spacial score (nSPS) is 15.9. The molecule has 0 spiro atoms. The number of carbonyl (C=O) groups is 2. The topological polar surface area (TPSA) is 66.8 Å². The zero-order valence-corrected chi connectivity index (χ0v) is 12.5. The first kappa shape index (κ1) is 15.4. The molecule has 0 aromatic heterocycles. The van der Waals surface area contributed by atoms with E-state index in [1.54, 1.807) is 36.2 Å². The van der Waals surface area contributed by atoms with Crippen molar-refractivity contribution in [1.29, 1.82) is 0 Å². The van der Waals surface area contributed by atoms with Crippen LogP contribution in [0.1, 0.15) is 32.6 Å². The molecule has 0 radical (unpaired) electrons. The summed E-state index contributed by atoms with van der Waals surface area (Å²) in [5.74, 6) is -0.368. The van der Waals surface area contributed by atoms with Gasteiger partial charge in [-0.05, 0) is 43.5 Å². The molecule has 0 aliphatic heterocycles. The molecule has 0 saturated heterocycles. The van der Waals surface area contributed by atoms with Gasteiger partial charge in [0.05, 0.1) is 0 Å². The maximum absolute atomic E-state index is 12.6. The van der Waals surface area contributed by atoms with E-state index in [1.807, 2.05) is 0 Å². The minimum Gasteiger partial charge on any atom is -0.482 e. The summed E-state index contributed by atoms with van der Waals surface area (Å²) in [6.45, 7) is 1.70. The number of aliphatic carboxylic acids is 1. The third kappa shape index (κ3) is 3.17. The van der Waals surface area contributed by atoms with Gasteiger partial charge >= 0.3 is 5.97 Å². The van der Waals surface area contributed by atoms with E-state index in [1.165, 1.54) is 0 Å². The fraction of sp³-hybridized carbons (Fsp3) is 0.500. The molecule has 1 fully saturated rings. The van der Waals surface area contributed by atoms with Crippen molar-refractivity contribution in [3.63, 3.8) is 0 Å². The van der Waals surface area contributed by atoms with Gasteiger partial charge in [-0.15, -0.1) is 0 Å². The molecule has 1 amide bonds. The van der Waals surface area contributed by atoms with E-state index >= 15 is 0 Å². The molecule has 5 heteroatoms. The average molecular weight is 291 g/mol. The minimum atomic E-state index is -1.01. The quantitative estimate of drug-likeness (QED) is 0.875. The predicted molar refractivity (Wildman–Crippen MR) is 79.6 cm³/mol. The maximum Gasteiger partial charge on any atom is 0.341 e. The number of carboxylic acids is 1. The summed E-state index contributed by atoms with van der Waals surface area (Å²) in [6.07, 6.45) is 3.92. The number of ether oxygens (including phenoxy) is 1. The number of rotatable bonds is 6. The summed E-state index contributed by atoms with van der Waals surface area (Å²) in [5, 5.41) is 8.56. The molecule has 0 heterocycles. The third-order valence-electron chi connectivity index (χ3n) is 4.33. The van der Waals surface area contributed by atoms with Gasteiger partial charge in [-0.1, -0.05) is 13.3 Å². The minimum absolute atomic E-state index is 0.162. The van der Waals surface area contributed by atoms with E-state index in [0.717, 1.165) is 31.4 Å². The lowest BCUT2D eigenvalue weighted by Gasteiger charge is -2.42. The first-order valence-corrected chi connectivity index (χ1v) is 7.21. The SMILES string of the molecule is CCC1(C(=O)N(C)c2ccc(OCC(=O)O)cc2)CCC1. The van der Waals surface area contributed by atoms with Crippen molar-refractivity contribution in [2.45, 2.75) is 32.6 Å². The van der Waals surface area contributed by atoms with Gasteiger partial charge in [0.15, 0.2) is 6.61 Å². The second kappa shape index (κ2) is 6.16. The lowest BCUT2D eigenvalue weighted by Crippen LogP contribution is -2.46. The zero-order chi connectivity index (χ0) is 15.5. The van der Waals surface area contributed by atoms with Crippen LogP contribution in [0.15, 0.2) is 24.3 Å². The van der Waals surface area contributed by atoms with Gasteiger partial charge in [-0.2, -0.15) is 0 Å². The first-order valence-electron chi connectivity index (χ1n) is 7.21. The van der Waals surface area contributed by atoms with Gasteiger partial charge in [0.25, 0.3) is 0 Å². The van der Waals surface area contributed by atoms with E-state index in [2.05, 4.69) is 6.92 Å². The Morgan fingerprint density at radius 1 is 1.29 bits per heavy atom. The Kier molecular flexibility index (Phi) is 4.50. The van der Waals surface area contributed by atoms with E-state index in [0.29, 0.717) is 5.75 Å². The Hall–Kier alpha value is -2.04. The van der Waals surface area contributed by atoms with Crippen molar-refractivity contribution >= 4 is 17.6 Å². The molecule has 21 heavy (non-hydrogen) atoms. The van der Waals surface area contributed by atoms with Gasteiger partial charge in [-0.25, -0.2) is 4.79 Å². The van der Waals surface area contributed by atoms with Crippen LogP contribution in [-0.4, -0.2) is 30.6 Å². The fourth-order valence-corrected chi connectivity index (χ4v) is 2.71. The number of amides is 1. The molecule has 1 N–H and O–H groups in total. The number of hydrogen-bond donors (Lipinski definition) is 1.